The quantitative estimate of drug-likeness (QED) is 0.867. The van der Waals surface area contributed by atoms with Gasteiger partial charge in [0.15, 0.2) is 0 Å². The number of amides is 1. The number of carbonyl (C=O) groups excluding carboxylic acids is 1. The first kappa shape index (κ1) is 15.3. The highest BCUT2D eigenvalue weighted by atomic mass is 16.5. The van der Waals surface area contributed by atoms with Crippen molar-refractivity contribution in [1.82, 2.24) is 10.2 Å². The van der Waals surface area contributed by atoms with E-state index in [2.05, 4.69) is 17.1 Å². The number of hydrogen-bond donors (Lipinski definition) is 1. The monoisotopic (exact) mass is 294 g/mol. The minimum Gasteiger partial charge on any atom is -0.374 e. The Kier molecular flexibility index (Phi) is 5.17. The number of nitrogens with zero attached hydrogens (tertiary/aromatic N) is 1. The van der Waals surface area contributed by atoms with E-state index in [9.17, 15) is 4.79 Å². The van der Waals surface area contributed by atoms with Crippen LogP contribution in [0.4, 0.5) is 0 Å². The lowest BCUT2D eigenvalue weighted by Crippen LogP contribution is -2.55. The average molecular weight is 294 g/mol. The van der Waals surface area contributed by atoms with E-state index in [1.807, 2.05) is 0 Å². The van der Waals surface area contributed by atoms with Crippen LogP contribution in [-0.2, 0) is 9.53 Å². The molecule has 2 saturated heterocycles. The minimum atomic E-state index is 0.308. The summed E-state index contributed by atoms with van der Waals surface area (Å²) < 4.78 is 5.88. The van der Waals surface area contributed by atoms with Crippen LogP contribution >= 0.6 is 0 Å². The molecule has 0 spiro atoms. The van der Waals surface area contributed by atoms with E-state index in [0.29, 0.717) is 29.9 Å². The SMILES string of the molecule is CC(CC(=O)N1CCOC2CCCCC21)C1CCCNC1. The second-order valence-electron chi connectivity index (χ2n) is 7.14. The van der Waals surface area contributed by atoms with E-state index >= 15 is 0 Å². The maximum atomic E-state index is 12.8. The number of rotatable bonds is 3. The Labute approximate surface area is 128 Å². The molecule has 1 saturated carbocycles. The van der Waals surface area contributed by atoms with Crippen molar-refractivity contribution >= 4 is 5.91 Å². The third-order valence-corrected chi connectivity index (χ3v) is 5.69. The summed E-state index contributed by atoms with van der Waals surface area (Å²) in [6.45, 7) is 6.02. The van der Waals surface area contributed by atoms with Gasteiger partial charge in [0.2, 0.25) is 5.91 Å². The lowest BCUT2D eigenvalue weighted by Gasteiger charge is -2.44. The smallest absolute Gasteiger partial charge is 0.223 e. The molecule has 0 aromatic carbocycles. The Morgan fingerprint density at radius 2 is 2.14 bits per heavy atom. The van der Waals surface area contributed by atoms with Gasteiger partial charge < -0.3 is 15.0 Å². The molecule has 3 fully saturated rings. The van der Waals surface area contributed by atoms with E-state index in [4.69, 9.17) is 4.74 Å². The first-order valence-electron chi connectivity index (χ1n) is 8.87. The van der Waals surface area contributed by atoms with Gasteiger partial charge >= 0.3 is 0 Å². The number of morpholine rings is 1. The van der Waals surface area contributed by atoms with Crippen LogP contribution in [0.5, 0.6) is 0 Å². The van der Waals surface area contributed by atoms with Gasteiger partial charge in [-0.05, 0) is 50.6 Å². The van der Waals surface area contributed by atoms with Crippen LogP contribution in [0, 0.1) is 11.8 Å². The highest BCUT2D eigenvalue weighted by Gasteiger charge is 2.37. The third-order valence-electron chi connectivity index (χ3n) is 5.69. The number of hydrogen-bond acceptors (Lipinski definition) is 3. The molecule has 1 N–H and O–H groups in total. The second-order valence-corrected chi connectivity index (χ2v) is 7.14. The Balaban J connectivity index is 1.56. The Bertz CT molecular complexity index is 353. The van der Waals surface area contributed by atoms with Crippen LogP contribution in [0.25, 0.3) is 0 Å². The molecule has 4 unspecified atom stereocenters. The predicted octanol–water partition coefficient (Wildman–Crippen LogP) is 2.18. The zero-order valence-corrected chi connectivity index (χ0v) is 13.4. The van der Waals surface area contributed by atoms with Crippen molar-refractivity contribution in [1.29, 1.82) is 0 Å². The summed E-state index contributed by atoms with van der Waals surface area (Å²) in [5.74, 6) is 1.54. The maximum Gasteiger partial charge on any atom is 0.223 e. The molecule has 0 aromatic rings. The van der Waals surface area contributed by atoms with Gasteiger partial charge in [-0.2, -0.15) is 0 Å². The number of piperidine rings is 1. The average Bonchev–Trinajstić information content (AvgIpc) is 2.55. The second kappa shape index (κ2) is 7.10. The molecule has 0 bridgehead atoms. The largest absolute Gasteiger partial charge is 0.374 e. The van der Waals surface area contributed by atoms with E-state index in [1.165, 1.54) is 25.7 Å². The molecule has 2 aliphatic heterocycles. The van der Waals surface area contributed by atoms with Crippen molar-refractivity contribution in [3.05, 3.63) is 0 Å². The fourth-order valence-corrected chi connectivity index (χ4v) is 4.33. The Hall–Kier alpha value is -0.610. The lowest BCUT2D eigenvalue weighted by atomic mass is 9.84. The van der Waals surface area contributed by atoms with E-state index < -0.39 is 0 Å². The Morgan fingerprint density at radius 1 is 1.29 bits per heavy atom. The standard InChI is InChI=1S/C17H30N2O2/c1-13(14-5-4-8-18-12-14)11-17(20)19-9-10-21-16-7-3-2-6-15(16)19/h13-16,18H,2-12H2,1H3. The molecule has 120 valence electrons. The first-order valence-corrected chi connectivity index (χ1v) is 8.87. The molecule has 0 radical (unpaired) electrons. The topological polar surface area (TPSA) is 41.6 Å². The van der Waals surface area contributed by atoms with Gasteiger partial charge in [0, 0.05) is 13.0 Å². The van der Waals surface area contributed by atoms with Gasteiger partial charge in [-0.3, -0.25) is 4.79 Å². The fourth-order valence-electron chi connectivity index (χ4n) is 4.33. The predicted molar refractivity (Wildman–Crippen MR) is 83.1 cm³/mol. The summed E-state index contributed by atoms with van der Waals surface area (Å²) in [7, 11) is 0. The number of nitrogens with one attached hydrogen (secondary N) is 1. The highest BCUT2D eigenvalue weighted by Crippen LogP contribution is 2.30. The summed E-state index contributed by atoms with van der Waals surface area (Å²) >= 11 is 0. The van der Waals surface area contributed by atoms with Crippen molar-refractivity contribution in [2.24, 2.45) is 11.8 Å². The van der Waals surface area contributed by atoms with Crippen LogP contribution in [0.15, 0.2) is 0 Å². The lowest BCUT2D eigenvalue weighted by molar-refractivity contribution is -0.150. The zero-order chi connectivity index (χ0) is 14.7. The number of ether oxygens (including phenoxy) is 1. The fraction of sp³-hybridized carbons (Fsp3) is 0.941. The van der Waals surface area contributed by atoms with E-state index in [-0.39, 0.29) is 0 Å². The molecule has 21 heavy (non-hydrogen) atoms. The molecule has 3 rings (SSSR count). The van der Waals surface area contributed by atoms with Crippen molar-refractivity contribution in [3.8, 4) is 0 Å². The molecular weight excluding hydrogens is 264 g/mol. The Morgan fingerprint density at radius 3 is 2.95 bits per heavy atom. The molecule has 4 nitrogen and oxygen atoms in total. The molecule has 1 aliphatic carbocycles. The van der Waals surface area contributed by atoms with Crippen LogP contribution in [0.1, 0.15) is 51.9 Å². The summed E-state index contributed by atoms with van der Waals surface area (Å²) in [5, 5.41) is 3.47. The molecule has 3 aliphatic rings. The van der Waals surface area contributed by atoms with Gasteiger partial charge in [0.1, 0.15) is 0 Å². The van der Waals surface area contributed by atoms with Crippen molar-refractivity contribution in [2.45, 2.75) is 64.0 Å². The van der Waals surface area contributed by atoms with Crippen LogP contribution in [-0.4, -0.2) is 49.2 Å². The number of fused-ring (bicyclic) bond motifs is 1. The molecule has 4 atom stereocenters. The van der Waals surface area contributed by atoms with Gasteiger partial charge in [-0.1, -0.05) is 19.8 Å². The van der Waals surface area contributed by atoms with Crippen molar-refractivity contribution in [2.75, 3.05) is 26.2 Å². The molecule has 4 heteroatoms. The number of carbonyl (C=O) groups is 1. The van der Waals surface area contributed by atoms with Crippen LogP contribution in [0.3, 0.4) is 0 Å². The van der Waals surface area contributed by atoms with Crippen molar-refractivity contribution < 1.29 is 9.53 Å². The van der Waals surface area contributed by atoms with Gasteiger partial charge in [0.05, 0.1) is 18.8 Å². The normalized spacial score (nSPS) is 35.1. The van der Waals surface area contributed by atoms with Crippen LogP contribution in [0.2, 0.25) is 0 Å². The van der Waals surface area contributed by atoms with E-state index in [0.717, 1.165) is 45.5 Å². The minimum absolute atomic E-state index is 0.308. The van der Waals surface area contributed by atoms with Crippen LogP contribution < -0.4 is 5.32 Å². The zero-order valence-electron chi connectivity index (χ0n) is 13.4. The van der Waals surface area contributed by atoms with Crippen molar-refractivity contribution in [3.63, 3.8) is 0 Å². The summed E-state index contributed by atoms with van der Waals surface area (Å²) in [6, 6.07) is 0.358. The molecular formula is C17H30N2O2. The first-order chi connectivity index (χ1) is 10.3. The van der Waals surface area contributed by atoms with Gasteiger partial charge in [-0.25, -0.2) is 0 Å². The summed E-state index contributed by atoms with van der Waals surface area (Å²) in [4.78, 5) is 14.9. The van der Waals surface area contributed by atoms with E-state index in [1.54, 1.807) is 0 Å². The molecule has 2 heterocycles. The molecule has 0 aromatic heterocycles. The maximum absolute atomic E-state index is 12.8. The molecule has 1 amide bonds. The van der Waals surface area contributed by atoms with Gasteiger partial charge in [0.25, 0.3) is 0 Å². The highest BCUT2D eigenvalue weighted by molar-refractivity contribution is 5.77. The summed E-state index contributed by atoms with van der Waals surface area (Å²) in [5.41, 5.74) is 0. The summed E-state index contributed by atoms with van der Waals surface area (Å²) in [6.07, 6.45) is 8.33. The van der Waals surface area contributed by atoms with Gasteiger partial charge in [-0.15, -0.1) is 0 Å². The third kappa shape index (κ3) is 3.59.